The molecule has 1 aromatic rings. The van der Waals surface area contributed by atoms with Gasteiger partial charge in [0.05, 0.1) is 29.8 Å². The number of anilines is 1. The highest BCUT2D eigenvalue weighted by atomic mass is 16.5. The Morgan fingerprint density at radius 2 is 2.23 bits per heavy atom. The Bertz CT molecular complexity index is 766. The fourth-order valence-electron chi connectivity index (χ4n) is 3.79. The lowest BCUT2D eigenvalue weighted by molar-refractivity contribution is -0.146. The van der Waals surface area contributed by atoms with Gasteiger partial charge in [0.15, 0.2) is 0 Å². The smallest absolute Gasteiger partial charge is 0.310 e. The van der Waals surface area contributed by atoms with Crippen LogP contribution in [-0.2, 0) is 14.3 Å². The van der Waals surface area contributed by atoms with Crippen molar-refractivity contribution in [2.45, 2.75) is 11.7 Å². The number of carbonyl (C=O) groups excluding carboxylic acids is 1. The third-order valence-corrected chi connectivity index (χ3v) is 4.70. The number of carboxylic acids is 1. The molecule has 0 saturated carbocycles. The average molecular weight is 296 g/mol. The van der Waals surface area contributed by atoms with Crippen LogP contribution in [0.2, 0.25) is 0 Å². The van der Waals surface area contributed by atoms with E-state index >= 15 is 0 Å². The second-order valence-electron chi connectivity index (χ2n) is 5.79. The number of hydrogen-bond acceptors (Lipinski definition) is 4. The number of amides is 1. The highest BCUT2D eigenvalue weighted by Gasteiger charge is 2.67. The van der Waals surface area contributed by atoms with Crippen molar-refractivity contribution in [2.24, 2.45) is 11.8 Å². The maximum atomic E-state index is 12.8. The number of aliphatic carboxylic acids is 1. The van der Waals surface area contributed by atoms with Gasteiger partial charge >= 0.3 is 5.97 Å². The van der Waals surface area contributed by atoms with Crippen LogP contribution in [-0.4, -0.2) is 35.2 Å². The summed E-state index contributed by atoms with van der Waals surface area (Å²) in [6.07, 6.45) is 2.98. The van der Waals surface area contributed by atoms with Crippen molar-refractivity contribution in [3.05, 3.63) is 42.0 Å². The van der Waals surface area contributed by atoms with Gasteiger partial charge in [-0.05, 0) is 12.1 Å². The predicted molar refractivity (Wildman–Crippen MR) is 74.9 cm³/mol. The second-order valence-corrected chi connectivity index (χ2v) is 5.79. The van der Waals surface area contributed by atoms with Gasteiger partial charge < -0.3 is 14.7 Å². The van der Waals surface area contributed by atoms with Crippen molar-refractivity contribution >= 4 is 17.6 Å². The van der Waals surface area contributed by atoms with E-state index in [1.807, 2.05) is 0 Å². The fourth-order valence-corrected chi connectivity index (χ4v) is 3.79. The van der Waals surface area contributed by atoms with E-state index in [2.05, 4.69) is 6.07 Å². The Hall–Kier alpha value is -2.65. The fraction of sp³-hybridized carbons (Fsp3) is 0.312. The van der Waals surface area contributed by atoms with E-state index in [-0.39, 0.29) is 12.5 Å². The molecule has 2 bridgehead atoms. The zero-order valence-electron chi connectivity index (χ0n) is 11.5. The number of nitriles is 1. The van der Waals surface area contributed by atoms with Crippen LogP contribution in [0, 0.1) is 23.2 Å². The average Bonchev–Trinajstić information content (AvgIpc) is 3.15. The molecule has 4 atom stereocenters. The molecule has 110 valence electrons. The normalized spacial score (nSPS) is 34.8. The van der Waals surface area contributed by atoms with Gasteiger partial charge in [-0.3, -0.25) is 9.59 Å². The Morgan fingerprint density at radius 3 is 2.95 bits per heavy atom. The van der Waals surface area contributed by atoms with E-state index in [0.29, 0.717) is 11.3 Å². The molecule has 1 N–H and O–H groups in total. The number of rotatable bonds is 2. The molecular weight excluding hydrogens is 284 g/mol. The summed E-state index contributed by atoms with van der Waals surface area (Å²) in [5.41, 5.74) is 0.00823. The molecular formula is C16H12N2O4. The lowest BCUT2D eigenvalue weighted by Crippen LogP contribution is -2.39. The molecule has 0 aliphatic carbocycles. The SMILES string of the molecule is N#Cc1ccccc1N1C[C@@]23C=C[C@@H](O2)[C@H](C(=O)O)[C@@H]3C1=O. The molecule has 6 heteroatoms. The Balaban J connectivity index is 1.79. The van der Waals surface area contributed by atoms with E-state index in [4.69, 9.17) is 4.74 Å². The molecule has 0 aromatic heterocycles. The third-order valence-electron chi connectivity index (χ3n) is 4.70. The van der Waals surface area contributed by atoms with Crippen molar-refractivity contribution in [1.82, 2.24) is 0 Å². The summed E-state index contributed by atoms with van der Waals surface area (Å²) in [5, 5.41) is 18.6. The first-order valence-corrected chi connectivity index (χ1v) is 6.98. The molecule has 3 aliphatic rings. The molecule has 0 radical (unpaired) electrons. The molecule has 1 aromatic carbocycles. The molecule has 22 heavy (non-hydrogen) atoms. The molecule has 3 heterocycles. The summed E-state index contributed by atoms with van der Waals surface area (Å²) in [6.45, 7) is 0.242. The highest BCUT2D eigenvalue weighted by Crippen LogP contribution is 2.52. The summed E-state index contributed by atoms with van der Waals surface area (Å²) in [6, 6.07) is 8.87. The predicted octanol–water partition coefficient (Wildman–Crippen LogP) is 0.929. The Labute approximate surface area is 126 Å². The van der Waals surface area contributed by atoms with Gasteiger partial charge in [0.1, 0.15) is 17.6 Å². The van der Waals surface area contributed by atoms with E-state index in [1.54, 1.807) is 36.4 Å². The summed E-state index contributed by atoms with van der Waals surface area (Å²) < 4.78 is 5.82. The number of benzene rings is 1. The quantitative estimate of drug-likeness (QED) is 0.820. The largest absolute Gasteiger partial charge is 0.481 e. The minimum Gasteiger partial charge on any atom is -0.481 e. The second kappa shape index (κ2) is 4.18. The Morgan fingerprint density at radius 1 is 1.45 bits per heavy atom. The van der Waals surface area contributed by atoms with Gasteiger partial charge in [-0.1, -0.05) is 24.3 Å². The van der Waals surface area contributed by atoms with Crippen LogP contribution in [0.5, 0.6) is 0 Å². The van der Waals surface area contributed by atoms with Crippen LogP contribution in [0.15, 0.2) is 36.4 Å². The van der Waals surface area contributed by atoms with Gasteiger partial charge in [0.25, 0.3) is 0 Å². The summed E-state index contributed by atoms with van der Waals surface area (Å²) in [4.78, 5) is 25.8. The molecule has 6 nitrogen and oxygen atoms in total. The first kappa shape index (κ1) is 13.0. The molecule has 2 saturated heterocycles. The first-order chi connectivity index (χ1) is 10.6. The number of carboxylic acid groups (broad SMARTS) is 1. The number of ether oxygens (including phenoxy) is 1. The Kier molecular flexibility index (Phi) is 2.48. The summed E-state index contributed by atoms with van der Waals surface area (Å²) in [5.74, 6) is -2.91. The number of carbonyl (C=O) groups is 2. The minimum absolute atomic E-state index is 0.242. The van der Waals surface area contributed by atoms with Gasteiger partial charge in [-0.2, -0.15) is 5.26 Å². The van der Waals surface area contributed by atoms with E-state index in [1.165, 1.54) is 4.90 Å². The number of nitrogens with zero attached hydrogens (tertiary/aromatic N) is 2. The van der Waals surface area contributed by atoms with E-state index < -0.39 is 29.5 Å². The molecule has 1 amide bonds. The van der Waals surface area contributed by atoms with Crippen LogP contribution >= 0.6 is 0 Å². The van der Waals surface area contributed by atoms with Crippen LogP contribution < -0.4 is 4.90 Å². The highest BCUT2D eigenvalue weighted by molar-refractivity contribution is 6.03. The zero-order valence-corrected chi connectivity index (χ0v) is 11.5. The van der Waals surface area contributed by atoms with Crippen LogP contribution in [0.25, 0.3) is 0 Å². The number of para-hydroxylation sites is 1. The molecule has 1 spiro atoms. The number of hydrogen-bond donors (Lipinski definition) is 1. The lowest BCUT2D eigenvalue weighted by Gasteiger charge is -2.22. The molecule has 2 fully saturated rings. The molecule has 3 aliphatic heterocycles. The number of fused-ring (bicyclic) bond motifs is 1. The van der Waals surface area contributed by atoms with Gasteiger partial charge in [-0.25, -0.2) is 0 Å². The topological polar surface area (TPSA) is 90.6 Å². The van der Waals surface area contributed by atoms with Gasteiger partial charge in [-0.15, -0.1) is 0 Å². The molecule has 4 rings (SSSR count). The molecule has 0 unspecified atom stereocenters. The van der Waals surface area contributed by atoms with E-state index in [0.717, 1.165) is 0 Å². The van der Waals surface area contributed by atoms with Crippen molar-refractivity contribution in [2.75, 3.05) is 11.4 Å². The zero-order chi connectivity index (χ0) is 15.5. The lowest BCUT2D eigenvalue weighted by atomic mass is 9.77. The van der Waals surface area contributed by atoms with Crippen LogP contribution in [0.1, 0.15) is 5.56 Å². The first-order valence-electron chi connectivity index (χ1n) is 6.98. The minimum atomic E-state index is -1.02. The maximum Gasteiger partial charge on any atom is 0.310 e. The maximum absolute atomic E-state index is 12.8. The van der Waals surface area contributed by atoms with Crippen LogP contribution in [0.3, 0.4) is 0 Å². The summed E-state index contributed by atoms with van der Waals surface area (Å²) in [7, 11) is 0. The van der Waals surface area contributed by atoms with Crippen molar-refractivity contribution in [3.8, 4) is 6.07 Å². The van der Waals surface area contributed by atoms with E-state index in [9.17, 15) is 20.0 Å². The summed E-state index contributed by atoms with van der Waals surface area (Å²) >= 11 is 0. The standard InChI is InChI=1S/C16H12N2O4/c17-7-9-3-1-2-4-10(9)18-8-16-6-5-11(22-16)12(15(20)21)13(16)14(18)19/h1-6,11-13H,8H2,(H,20,21)/t11-,12+,13-,16-/m1/s1. The van der Waals surface area contributed by atoms with Crippen molar-refractivity contribution in [1.29, 1.82) is 5.26 Å². The third kappa shape index (κ3) is 1.46. The van der Waals surface area contributed by atoms with Gasteiger partial charge in [0.2, 0.25) is 5.91 Å². The van der Waals surface area contributed by atoms with Crippen molar-refractivity contribution < 1.29 is 19.4 Å². The van der Waals surface area contributed by atoms with Crippen molar-refractivity contribution in [3.63, 3.8) is 0 Å². The van der Waals surface area contributed by atoms with Gasteiger partial charge in [0, 0.05) is 0 Å². The van der Waals surface area contributed by atoms with Crippen LogP contribution in [0.4, 0.5) is 5.69 Å². The monoisotopic (exact) mass is 296 g/mol.